The van der Waals surface area contributed by atoms with Gasteiger partial charge in [0.25, 0.3) is 0 Å². The number of rotatable bonds is 8. The fourth-order valence-electron chi connectivity index (χ4n) is 2.21. The summed E-state index contributed by atoms with van der Waals surface area (Å²) in [6, 6.07) is 0. The molecule has 0 spiro atoms. The fraction of sp³-hybridized carbons (Fsp3) is 0.786. The van der Waals surface area contributed by atoms with Gasteiger partial charge in [0.15, 0.2) is 0 Å². The zero-order valence-electron chi connectivity index (χ0n) is 11.6. The van der Waals surface area contributed by atoms with Crippen molar-refractivity contribution in [3.63, 3.8) is 0 Å². The van der Waals surface area contributed by atoms with Crippen molar-refractivity contribution in [3.8, 4) is 0 Å². The molecule has 0 amide bonds. The first kappa shape index (κ1) is 14.1. The number of nitrogen functional groups attached to an aromatic ring is 1. The van der Waals surface area contributed by atoms with Gasteiger partial charge >= 0.3 is 0 Å². The summed E-state index contributed by atoms with van der Waals surface area (Å²) in [5.74, 6) is 2.05. The number of hydrogen-bond donors (Lipinski definition) is 1. The quantitative estimate of drug-likeness (QED) is 0.703. The number of hydrogen-bond acceptors (Lipinski definition) is 2. The molecule has 1 heterocycles. The maximum Gasteiger partial charge on any atom is 0.126 e. The number of unbranched alkanes of at least 4 members (excludes halogenated alkanes) is 3. The Bertz CT molecular complexity index is 328. The Morgan fingerprint density at radius 1 is 1.06 bits per heavy atom. The van der Waals surface area contributed by atoms with E-state index < -0.39 is 0 Å². The average molecular weight is 237 g/mol. The highest BCUT2D eigenvalue weighted by atomic mass is 15.1. The fourth-order valence-corrected chi connectivity index (χ4v) is 2.21. The van der Waals surface area contributed by atoms with Gasteiger partial charge in [-0.25, -0.2) is 4.98 Å². The van der Waals surface area contributed by atoms with E-state index >= 15 is 0 Å². The van der Waals surface area contributed by atoms with E-state index in [1.54, 1.807) is 0 Å². The summed E-state index contributed by atoms with van der Waals surface area (Å²) in [7, 11) is 0. The molecule has 0 aliphatic rings. The van der Waals surface area contributed by atoms with E-state index in [0.29, 0.717) is 0 Å². The Hall–Kier alpha value is -0.990. The van der Waals surface area contributed by atoms with Crippen molar-refractivity contribution in [1.29, 1.82) is 0 Å². The predicted molar refractivity (Wildman–Crippen MR) is 74.2 cm³/mol. The molecular weight excluding hydrogens is 210 g/mol. The molecule has 0 radical (unpaired) electrons. The van der Waals surface area contributed by atoms with Gasteiger partial charge in [0, 0.05) is 13.0 Å². The maximum atomic E-state index is 6.18. The van der Waals surface area contributed by atoms with E-state index in [9.17, 15) is 0 Å². The lowest BCUT2D eigenvalue weighted by Gasteiger charge is -2.06. The van der Waals surface area contributed by atoms with Crippen LogP contribution >= 0.6 is 0 Å². The monoisotopic (exact) mass is 237 g/mol. The van der Waals surface area contributed by atoms with Crippen molar-refractivity contribution in [2.75, 3.05) is 5.73 Å². The van der Waals surface area contributed by atoms with E-state index in [-0.39, 0.29) is 0 Å². The second kappa shape index (κ2) is 7.36. The van der Waals surface area contributed by atoms with Crippen LogP contribution in [0.4, 0.5) is 5.82 Å². The highest BCUT2D eigenvalue weighted by molar-refractivity contribution is 5.38. The van der Waals surface area contributed by atoms with Gasteiger partial charge < -0.3 is 10.3 Å². The second-order valence-corrected chi connectivity index (χ2v) is 4.68. The van der Waals surface area contributed by atoms with Gasteiger partial charge in [-0.05, 0) is 19.3 Å². The van der Waals surface area contributed by atoms with Crippen LogP contribution in [0.1, 0.15) is 64.4 Å². The highest BCUT2D eigenvalue weighted by Crippen LogP contribution is 2.18. The van der Waals surface area contributed by atoms with Crippen molar-refractivity contribution in [1.82, 2.24) is 9.55 Å². The SMILES string of the molecule is CCCCCCc1nc(CC)n(CCC)c1N. The van der Waals surface area contributed by atoms with Crippen LogP contribution in [-0.2, 0) is 19.4 Å². The molecule has 17 heavy (non-hydrogen) atoms. The molecule has 0 bridgehead atoms. The summed E-state index contributed by atoms with van der Waals surface area (Å²) in [5.41, 5.74) is 7.30. The Balaban J connectivity index is 2.65. The van der Waals surface area contributed by atoms with Crippen molar-refractivity contribution in [2.45, 2.75) is 72.3 Å². The topological polar surface area (TPSA) is 43.8 Å². The molecule has 0 aliphatic carbocycles. The van der Waals surface area contributed by atoms with Crippen molar-refractivity contribution < 1.29 is 0 Å². The van der Waals surface area contributed by atoms with Gasteiger partial charge in [0.05, 0.1) is 5.69 Å². The first-order chi connectivity index (χ1) is 8.24. The molecule has 98 valence electrons. The average Bonchev–Trinajstić information content (AvgIpc) is 2.63. The summed E-state index contributed by atoms with van der Waals surface area (Å²) in [6.07, 6.45) is 8.22. The molecule has 0 unspecified atom stereocenters. The lowest BCUT2D eigenvalue weighted by atomic mass is 10.1. The number of aryl methyl sites for hydroxylation is 2. The normalized spacial score (nSPS) is 11.0. The molecule has 1 aromatic heterocycles. The third-order valence-corrected chi connectivity index (χ3v) is 3.19. The van der Waals surface area contributed by atoms with Crippen LogP contribution in [0.15, 0.2) is 0 Å². The van der Waals surface area contributed by atoms with E-state index in [4.69, 9.17) is 5.73 Å². The lowest BCUT2D eigenvalue weighted by molar-refractivity contribution is 0.649. The third kappa shape index (κ3) is 3.76. The van der Waals surface area contributed by atoms with E-state index in [1.807, 2.05) is 0 Å². The molecule has 1 rings (SSSR count). The minimum atomic E-state index is 0.903. The first-order valence-electron chi connectivity index (χ1n) is 7.08. The molecule has 0 saturated carbocycles. The summed E-state index contributed by atoms with van der Waals surface area (Å²) < 4.78 is 2.19. The van der Waals surface area contributed by atoms with Crippen LogP contribution in [0.3, 0.4) is 0 Å². The van der Waals surface area contributed by atoms with E-state index in [0.717, 1.165) is 43.1 Å². The van der Waals surface area contributed by atoms with Crippen LogP contribution in [0.2, 0.25) is 0 Å². The van der Waals surface area contributed by atoms with Gasteiger partial charge in [-0.15, -0.1) is 0 Å². The summed E-state index contributed by atoms with van der Waals surface area (Å²) in [4.78, 5) is 4.68. The first-order valence-corrected chi connectivity index (χ1v) is 7.08. The number of anilines is 1. The van der Waals surface area contributed by atoms with Gasteiger partial charge in [-0.2, -0.15) is 0 Å². The van der Waals surface area contributed by atoms with E-state index in [1.165, 1.54) is 25.7 Å². The Morgan fingerprint density at radius 3 is 2.41 bits per heavy atom. The van der Waals surface area contributed by atoms with Gasteiger partial charge in [-0.3, -0.25) is 0 Å². The van der Waals surface area contributed by atoms with Crippen LogP contribution in [0.5, 0.6) is 0 Å². The van der Waals surface area contributed by atoms with Crippen molar-refractivity contribution >= 4 is 5.82 Å². The predicted octanol–water partition coefficient (Wildman–Crippen LogP) is 3.56. The Morgan fingerprint density at radius 2 is 1.82 bits per heavy atom. The van der Waals surface area contributed by atoms with Gasteiger partial charge in [-0.1, -0.05) is 40.0 Å². The number of nitrogens with two attached hydrogens (primary N) is 1. The summed E-state index contributed by atoms with van der Waals surface area (Å²) >= 11 is 0. The maximum absolute atomic E-state index is 6.18. The van der Waals surface area contributed by atoms with E-state index in [2.05, 4.69) is 30.3 Å². The van der Waals surface area contributed by atoms with Crippen molar-refractivity contribution in [2.24, 2.45) is 0 Å². The largest absolute Gasteiger partial charge is 0.384 e. The minimum absolute atomic E-state index is 0.903. The number of aromatic nitrogens is 2. The van der Waals surface area contributed by atoms with Crippen molar-refractivity contribution in [3.05, 3.63) is 11.5 Å². The third-order valence-electron chi connectivity index (χ3n) is 3.19. The van der Waals surface area contributed by atoms with Gasteiger partial charge in [0.2, 0.25) is 0 Å². The standard InChI is InChI=1S/C14H27N3/c1-4-7-8-9-10-12-14(15)17(11-5-2)13(6-3)16-12/h4-11,15H2,1-3H3. The molecule has 0 saturated heterocycles. The molecule has 3 heteroatoms. The summed E-state index contributed by atoms with van der Waals surface area (Å²) in [5, 5.41) is 0. The Labute approximate surface area is 105 Å². The van der Waals surface area contributed by atoms with Crippen LogP contribution in [-0.4, -0.2) is 9.55 Å². The second-order valence-electron chi connectivity index (χ2n) is 4.68. The zero-order chi connectivity index (χ0) is 12.7. The molecule has 0 aromatic carbocycles. The molecule has 0 atom stereocenters. The minimum Gasteiger partial charge on any atom is -0.384 e. The van der Waals surface area contributed by atoms with Crippen LogP contribution in [0.25, 0.3) is 0 Å². The number of imidazole rings is 1. The molecule has 1 aromatic rings. The molecule has 0 fully saturated rings. The molecule has 2 N–H and O–H groups in total. The molecular formula is C14H27N3. The highest BCUT2D eigenvalue weighted by Gasteiger charge is 2.12. The van der Waals surface area contributed by atoms with Crippen LogP contribution in [0, 0.1) is 0 Å². The van der Waals surface area contributed by atoms with Gasteiger partial charge in [0.1, 0.15) is 11.6 Å². The Kier molecular flexibility index (Phi) is 6.09. The smallest absolute Gasteiger partial charge is 0.126 e. The number of nitrogens with zero attached hydrogens (tertiary/aromatic N) is 2. The zero-order valence-corrected chi connectivity index (χ0v) is 11.6. The van der Waals surface area contributed by atoms with Crippen LogP contribution < -0.4 is 5.73 Å². The molecule has 3 nitrogen and oxygen atoms in total. The lowest BCUT2D eigenvalue weighted by Crippen LogP contribution is -2.06. The molecule has 0 aliphatic heterocycles. The summed E-state index contributed by atoms with van der Waals surface area (Å²) in [6.45, 7) is 7.56.